The summed E-state index contributed by atoms with van der Waals surface area (Å²) in [7, 11) is 9.72. The maximum absolute atomic E-state index is 14.3. The summed E-state index contributed by atoms with van der Waals surface area (Å²) >= 11 is 0. The Balaban J connectivity index is 0.000000130. The summed E-state index contributed by atoms with van der Waals surface area (Å²) in [5, 5.41) is 21.5. The van der Waals surface area contributed by atoms with Crippen LogP contribution in [0.4, 0.5) is 67.1 Å². The van der Waals surface area contributed by atoms with Crippen molar-refractivity contribution in [3.05, 3.63) is 161 Å². The second kappa shape index (κ2) is 29.8. The summed E-state index contributed by atoms with van der Waals surface area (Å²) in [5.41, 5.74) is 7.76. The topological polar surface area (TPSA) is 243 Å². The van der Waals surface area contributed by atoms with Gasteiger partial charge in [0.15, 0.2) is 0 Å². The first kappa shape index (κ1) is 77.1. The van der Waals surface area contributed by atoms with Crippen LogP contribution < -0.4 is 16.0 Å². The summed E-state index contributed by atoms with van der Waals surface area (Å²) in [5.74, 6) is -8.28. The van der Waals surface area contributed by atoms with Gasteiger partial charge in [0.25, 0.3) is 25.2 Å². The number of pyridine rings is 3. The van der Waals surface area contributed by atoms with Gasteiger partial charge in [-0.05, 0) is 49.2 Å². The molecule has 36 heteroatoms. The lowest BCUT2D eigenvalue weighted by molar-refractivity contribution is -0.0892. The Morgan fingerprint density at radius 1 is 0.417 bits per heavy atom. The number of aromatic nitrogens is 15. The highest BCUT2D eigenvalue weighted by Crippen LogP contribution is 2.57. The van der Waals surface area contributed by atoms with Gasteiger partial charge in [-0.3, -0.25) is 14.0 Å². The van der Waals surface area contributed by atoms with Crippen LogP contribution in [0.5, 0.6) is 0 Å². The molecule has 12 aromatic rings. The molecule has 0 spiro atoms. The van der Waals surface area contributed by atoms with Gasteiger partial charge in [-0.1, -0.05) is 36.4 Å². The van der Waals surface area contributed by atoms with Gasteiger partial charge in [-0.25, -0.2) is 97.0 Å². The third kappa shape index (κ3) is 14.6. The van der Waals surface area contributed by atoms with Crippen molar-refractivity contribution in [2.24, 2.45) is 21.1 Å². The van der Waals surface area contributed by atoms with Crippen LogP contribution >= 0.6 is 0 Å². The van der Waals surface area contributed by atoms with Gasteiger partial charge in [0.1, 0.15) is 17.5 Å². The Morgan fingerprint density at radius 2 is 0.739 bits per heavy atom. The number of rotatable bonds is 12. The number of fused-ring (bicyclic) bond motifs is 6. The molecule has 600 valence electrons. The smallest absolute Gasteiger partial charge is 0.317 e. The number of hydrogen-bond acceptors (Lipinski definition) is 12. The Labute approximate surface area is 648 Å². The Kier molecular flexibility index (Phi) is 20.0. The molecule has 0 radical (unpaired) electrons. The van der Waals surface area contributed by atoms with E-state index in [0.29, 0.717) is 158 Å². The highest BCUT2D eigenvalue weighted by Gasteiger charge is 2.60. The van der Waals surface area contributed by atoms with Crippen molar-refractivity contribution in [2.75, 3.05) is 40.8 Å². The molecule has 9 aromatic heterocycles. The van der Waals surface area contributed by atoms with Gasteiger partial charge in [0.2, 0.25) is 11.8 Å². The number of benzene rings is 3. The van der Waals surface area contributed by atoms with Crippen LogP contribution in [0.2, 0.25) is 0 Å². The lowest BCUT2D eigenvalue weighted by Crippen LogP contribution is -2.43. The minimum atomic E-state index is -2.83. The molecule has 6 amide bonds. The van der Waals surface area contributed by atoms with Gasteiger partial charge in [0.05, 0.1) is 112 Å². The number of imidazole rings is 3. The molecular weight excluding hydrogens is 1520 g/mol. The Morgan fingerprint density at radius 3 is 1.03 bits per heavy atom. The number of amides is 6. The molecule has 3 N–H and O–H groups in total. The van der Waals surface area contributed by atoms with E-state index in [1.54, 1.807) is 122 Å². The van der Waals surface area contributed by atoms with Crippen molar-refractivity contribution >= 4 is 50.8 Å². The van der Waals surface area contributed by atoms with E-state index >= 15 is 0 Å². The zero-order valence-corrected chi connectivity index (χ0v) is 63.0. The molecule has 0 saturated heterocycles. The Hall–Kier alpha value is -11.9. The van der Waals surface area contributed by atoms with Gasteiger partial charge >= 0.3 is 18.1 Å². The maximum atomic E-state index is 14.3. The van der Waals surface area contributed by atoms with Crippen molar-refractivity contribution in [1.82, 2.24) is 104 Å². The average molecular weight is 1600 g/mol. The quantitative estimate of drug-likeness (QED) is 0.0968. The molecule has 1 atom stereocenters. The fraction of sp³-hybridized carbons (Fsp3) is 0.392. The van der Waals surface area contributed by atoms with Gasteiger partial charge in [-0.15, -0.1) is 0 Å². The number of alkyl halides is 12. The summed E-state index contributed by atoms with van der Waals surface area (Å²) < 4.78 is 180. The molecule has 3 fully saturated rings. The largest absolute Gasteiger partial charge is 0.341 e. The van der Waals surface area contributed by atoms with Crippen LogP contribution in [0, 0.1) is 0 Å². The molecular formula is C79H77F12N21O3. The third-order valence-corrected chi connectivity index (χ3v) is 22.4. The number of aryl methyl sites for hydroxylation is 3. The number of nitrogens with zero attached hydrogens (tertiary/aromatic N) is 18. The third-order valence-electron chi connectivity index (χ3n) is 22.4. The molecule has 115 heavy (non-hydrogen) atoms. The molecule has 18 rings (SSSR count). The van der Waals surface area contributed by atoms with E-state index in [0.717, 1.165) is 5.69 Å². The van der Waals surface area contributed by atoms with E-state index in [1.807, 2.05) is 15.2 Å². The zero-order valence-electron chi connectivity index (χ0n) is 63.0. The van der Waals surface area contributed by atoms with E-state index in [2.05, 4.69) is 51.2 Å². The normalized spacial score (nSPS) is 17.6. The van der Waals surface area contributed by atoms with Crippen molar-refractivity contribution in [3.8, 4) is 67.5 Å². The predicted octanol–water partition coefficient (Wildman–Crippen LogP) is 15.7. The van der Waals surface area contributed by atoms with Crippen molar-refractivity contribution in [3.63, 3.8) is 0 Å². The molecule has 3 aliphatic heterocycles. The van der Waals surface area contributed by atoms with Gasteiger partial charge in [-0.2, -0.15) is 15.3 Å². The highest BCUT2D eigenvalue weighted by atomic mass is 19.3. The van der Waals surface area contributed by atoms with Crippen LogP contribution in [-0.2, 0) is 60.4 Å². The van der Waals surface area contributed by atoms with Crippen molar-refractivity contribution in [1.29, 1.82) is 0 Å². The minimum Gasteiger partial charge on any atom is -0.341 e. The zero-order chi connectivity index (χ0) is 81.0. The van der Waals surface area contributed by atoms with E-state index in [9.17, 15) is 67.1 Å². The molecule has 24 nitrogen and oxygen atoms in total. The number of hydrogen-bond donors (Lipinski definition) is 3. The number of carbonyl (C=O) groups excluding carboxylic acids is 3. The van der Waals surface area contributed by atoms with Crippen LogP contribution in [0.3, 0.4) is 0 Å². The first-order chi connectivity index (χ1) is 55.0. The summed E-state index contributed by atoms with van der Waals surface area (Å²) in [6, 6.07) is 19.3. The molecule has 3 aromatic carbocycles. The number of nitrogens with one attached hydrogen (secondary N) is 3. The van der Waals surface area contributed by atoms with Crippen LogP contribution in [-0.4, -0.2) is 164 Å². The standard InChI is InChI=1S/C28H29F4N7O.C26H25F4N7O.C25H23F4N7O/c1-33-27(40)38-10-11-39-22(15-38)24(36-26(39)16-6-8-28(31,32)9-7-16)18-4-3-5-21-19(18)12-20(25(29)30)23(35-21)17-13-34-37(2)14-17;1-31-25(38)36-6-7-37-20(13-36)22(34-24(37)14-9-26(29,30)10-14)16-4-3-5-19-17(16)8-18(23(27)28)21(33-19)15-11-32-35(2)12-15;1-30-24(37)35-6-7-36-19(12-35)21(33-23(36)17-9-25(17,28)29)14-4-3-5-18-15(14)8-16(22(26)27)20(32-18)13-10-31-34(2)11-13/h3-5,12-14,16,25H,6-11,15H2,1-2H3,(H,33,40);3-5,8,11-12,14,23H,6-7,9-10,13H2,1-2H3,(H,31,38);3-5,8,10-11,17,22H,6-7,9,12H2,1-2H3,(H,30,37). The lowest BCUT2D eigenvalue weighted by atomic mass is 9.80. The second-order valence-corrected chi connectivity index (χ2v) is 29.8. The SMILES string of the molecule is CNC(=O)N1CCn2c(C3CC(F)(F)C3)nc(-c3cccc4nc(-c5cnn(C)c5)c(C(F)F)cc34)c2C1.CNC(=O)N1CCn2c(C3CC3(F)F)nc(-c3cccc4nc(-c5cnn(C)c5)c(C(F)F)cc34)c2C1.CNC(=O)N1CCn2c(C3CCC(F)(F)CC3)nc(-c3cccc4nc(-c5cnn(C)c5)c(C(F)F)cc34)c2C1. The fourth-order valence-electron chi connectivity index (χ4n) is 16.4. The predicted molar refractivity (Wildman–Crippen MR) is 400 cm³/mol. The van der Waals surface area contributed by atoms with E-state index in [4.69, 9.17) is 9.97 Å². The van der Waals surface area contributed by atoms with Gasteiger partial charge in [0, 0.05) is 210 Å². The van der Waals surface area contributed by atoms with Crippen LogP contribution in [0.1, 0.15) is 133 Å². The minimum absolute atomic E-state index is 0.128. The summed E-state index contributed by atoms with van der Waals surface area (Å²) in [6.45, 7) is 2.99. The molecule has 3 aliphatic carbocycles. The maximum Gasteiger partial charge on any atom is 0.317 e. The highest BCUT2D eigenvalue weighted by molar-refractivity contribution is 5.99. The lowest BCUT2D eigenvalue weighted by Gasteiger charge is -2.36. The first-order valence-corrected chi connectivity index (χ1v) is 37.4. The van der Waals surface area contributed by atoms with Crippen LogP contribution in [0.15, 0.2) is 110 Å². The second-order valence-electron chi connectivity index (χ2n) is 29.8. The fourth-order valence-corrected chi connectivity index (χ4v) is 16.4. The average Bonchev–Trinajstić information content (AvgIpc) is 1.57. The summed E-state index contributed by atoms with van der Waals surface area (Å²) in [4.78, 5) is 70.3. The molecule has 0 bridgehead atoms. The van der Waals surface area contributed by atoms with E-state index in [-0.39, 0.29) is 115 Å². The van der Waals surface area contributed by atoms with Crippen molar-refractivity contribution < 1.29 is 67.1 Å². The van der Waals surface area contributed by atoms with E-state index in [1.165, 1.54) is 57.9 Å². The molecule has 12 heterocycles. The molecule has 1 unspecified atom stereocenters. The van der Waals surface area contributed by atoms with E-state index < -0.39 is 48.9 Å². The van der Waals surface area contributed by atoms with Gasteiger partial charge < -0.3 is 44.4 Å². The van der Waals surface area contributed by atoms with Crippen molar-refractivity contribution in [2.45, 2.75) is 139 Å². The number of urea groups is 3. The monoisotopic (exact) mass is 1600 g/mol. The molecule has 3 saturated carbocycles. The number of halogens is 12. The molecule has 6 aliphatic rings. The Bertz CT molecular complexity index is 5790. The first-order valence-electron chi connectivity index (χ1n) is 37.4. The number of carbonyl (C=O) groups is 3. The van der Waals surface area contributed by atoms with Crippen LogP contribution in [0.25, 0.3) is 100 Å². The summed E-state index contributed by atoms with van der Waals surface area (Å²) in [6.07, 6.45) is 0.332.